The van der Waals surface area contributed by atoms with Crippen LogP contribution in [0.2, 0.25) is 0 Å². The van der Waals surface area contributed by atoms with Crippen LogP contribution in [0.15, 0.2) is 29.2 Å². The number of hydrogen-bond acceptors (Lipinski definition) is 4. The van der Waals surface area contributed by atoms with Crippen LogP contribution in [-0.2, 0) is 19.6 Å². The molecule has 1 aromatic rings. The number of carbonyl (C=O) groups excluding carboxylic acids is 1. The molecule has 1 amide bonds. The Bertz CT molecular complexity index is 520. The average Bonchev–Trinajstić information content (AvgIpc) is 2.17. The third kappa shape index (κ3) is 3.04. The number of aliphatic carboxylic acids is 1. The van der Waals surface area contributed by atoms with Crippen LogP contribution in [0.5, 0.6) is 0 Å². The Hall–Kier alpha value is -1.93. The van der Waals surface area contributed by atoms with Crippen molar-refractivity contribution in [1.29, 1.82) is 0 Å². The summed E-state index contributed by atoms with van der Waals surface area (Å²) in [5.74, 6) is -2.83. The SMILES string of the molecule is NS(=O)(=O)c1ccc(NC(=O)C(=O)O)cc1. The minimum Gasteiger partial charge on any atom is -0.474 e. The molecule has 0 saturated heterocycles. The highest BCUT2D eigenvalue weighted by Gasteiger charge is 2.12. The summed E-state index contributed by atoms with van der Waals surface area (Å²) < 4.78 is 21.7. The van der Waals surface area contributed by atoms with E-state index in [4.69, 9.17) is 10.2 Å². The maximum Gasteiger partial charge on any atom is 0.394 e. The Morgan fingerprint density at radius 2 is 1.69 bits per heavy atom. The molecule has 0 aromatic heterocycles. The number of primary sulfonamides is 1. The number of carboxylic acid groups (broad SMARTS) is 1. The predicted molar refractivity (Wildman–Crippen MR) is 54.1 cm³/mol. The zero-order valence-corrected chi connectivity index (χ0v) is 8.69. The number of nitrogens with one attached hydrogen (secondary N) is 1. The van der Waals surface area contributed by atoms with Crippen LogP contribution in [0.1, 0.15) is 0 Å². The van der Waals surface area contributed by atoms with Gasteiger partial charge in [-0.1, -0.05) is 0 Å². The molecular weight excluding hydrogens is 236 g/mol. The van der Waals surface area contributed by atoms with Crippen molar-refractivity contribution < 1.29 is 23.1 Å². The zero-order chi connectivity index (χ0) is 12.3. The van der Waals surface area contributed by atoms with E-state index in [0.29, 0.717) is 0 Å². The first-order chi connectivity index (χ1) is 7.30. The highest BCUT2D eigenvalue weighted by molar-refractivity contribution is 7.89. The molecule has 0 fully saturated rings. The summed E-state index contributed by atoms with van der Waals surface area (Å²) in [6.07, 6.45) is 0. The second kappa shape index (κ2) is 4.29. The Morgan fingerprint density at radius 1 is 1.19 bits per heavy atom. The second-order valence-electron chi connectivity index (χ2n) is 2.83. The van der Waals surface area contributed by atoms with E-state index in [1.54, 1.807) is 0 Å². The predicted octanol–water partition coefficient (Wildman–Crippen LogP) is -0.643. The number of nitrogens with two attached hydrogens (primary N) is 1. The summed E-state index contributed by atoms with van der Waals surface area (Å²) in [5, 5.41) is 15.2. The molecule has 86 valence electrons. The average molecular weight is 244 g/mol. The third-order valence-corrected chi connectivity index (χ3v) is 2.56. The van der Waals surface area contributed by atoms with Gasteiger partial charge in [-0.3, -0.25) is 4.79 Å². The van der Waals surface area contributed by atoms with Crippen molar-refractivity contribution >= 4 is 27.6 Å². The zero-order valence-electron chi connectivity index (χ0n) is 7.88. The summed E-state index contributed by atoms with van der Waals surface area (Å²) in [4.78, 5) is 20.8. The van der Waals surface area contributed by atoms with Crippen molar-refractivity contribution in [2.45, 2.75) is 4.90 Å². The van der Waals surface area contributed by atoms with Gasteiger partial charge in [0, 0.05) is 5.69 Å². The number of hydrogen-bond donors (Lipinski definition) is 3. The first kappa shape index (κ1) is 12.1. The Balaban J connectivity index is 2.88. The monoisotopic (exact) mass is 244 g/mol. The number of rotatable bonds is 2. The van der Waals surface area contributed by atoms with Crippen LogP contribution in [0.25, 0.3) is 0 Å². The fourth-order valence-corrected chi connectivity index (χ4v) is 1.43. The highest BCUT2D eigenvalue weighted by Crippen LogP contribution is 2.12. The van der Waals surface area contributed by atoms with Crippen LogP contribution in [0.4, 0.5) is 5.69 Å². The molecule has 7 nitrogen and oxygen atoms in total. The van der Waals surface area contributed by atoms with Crippen molar-refractivity contribution in [2.75, 3.05) is 5.32 Å². The minimum atomic E-state index is -3.79. The van der Waals surface area contributed by atoms with Gasteiger partial charge in [-0.05, 0) is 24.3 Å². The quantitative estimate of drug-likeness (QED) is 0.596. The number of benzene rings is 1. The van der Waals surface area contributed by atoms with Crippen LogP contribution in [-0.4, -0.2) is 25.4 Å². The molecule has 0 unspecified atom stereocenters. The molecule has 0 atom stereocenters. The van der Waals surface area contributed by atoms with Gasteiger partial charge in [-0.25, -0.2) is 18.4 Å². The molecule has 0 aliphatic rings. The lowest BCUT2D eigenvalue weighted by Crippen LogP contribution is -2.21. The molecule has 1 rings (SSSR count). The van der Waals surface area contributed by atoms with Gasteiger partial charge in [-0.15, -0.1) is 0 Å². The molecular formula is C8H8N2O5S. The summed E-state index contributed by atoms with van der Waals surface area (Å²) in [6.45, 7) is 0. The van der Waals surface area contributed by atoms with Gasteiger partial charge in [-0.2, -0.15) is 0 Å². The summed E-state index contributed by atoms with van der Waals surface area (Å²) in [5.41, 5.74) is 0.166. The van der Waals surface area contributed by atoms with Crippen LogP contribution < -0.4 is 10.5 Å². The maximum absolute atomic E-state index is 10.9. The Morgan fingerprint density at radius 3 is 2.06 bits per heavy atom. The summed E-state index contributed by atoms with van der Waals surface area (Å²) in [6, 6.07) is 4.79. The smallest absolute Gasteiger partial charge is 0.394 e. The maximum atomic E-state index is 10.9. The number of anilines is 1. The van der Waals surface area contributed by atoms with E-state index in [1.807, 2.05) is 5.32 Å². The molecule has 0 aliphatic heterocycles. The molecule has 0 saturated carbocycles. The number of carboxylic acids is 1. The van der Waals surface area contributed by atoms with E-state index in [0.717, 1.165) is 12.1 Å². The van der Waals surface area contributed by atoms with Gasteiger partial charge in [0.25, 0.3) is 0 Å². The van der Waals surface area contributed by atoms with Gasteiger partial charge in [0.2, 0.25) is 10.0 Å². The molecule has 4 N–H and O–H groups in total. The number of carbonyl (C=O) groups is 2. The van der Waals surface area contributed by atoms with E-state index in [1.165, 1.54) is 12.1 Å². The molecule has 0 radical (unpaired) electrons. The number of sulfonamides is 1. The van der Waals surface area contributed by atoms with Crippen molar-refractivity contribution in [3.8, 4) is 0 Å². The van der Waals surface area contributed by atoms with E-state index in [-0.39, 0.29) is 10.6 Å². The molecule has 16 heavy (non-hydrogen) atoms. The lowest BCUT2D eigenvalue weighted by molar-refractivity contribution is -0.147. The van der Waals surface area contributed by atoms with E-state index in [2.05, 4.69) is 0 Å². The fourth-order valence-electron chi connectivity index (χ4n) is 0.913. The molecule has 8 heteroatoms. The third-order valence-electron chi connectivity index (χ3n) is 1.63. The normalized spacial score (nSPS) is 10.8. The summed E-state index contributed by atoms with van der Waals surface area (Å²) >= 11 is 0. The number of amides is 1. The largest absolute Gasteiger partial charge is 0.474 e. The minimum absolute atomic E-state index is 0.124. The van der Waals surface area contributed by atoms with Gasteiger partial charge in [0.1, 0.15) is 0 Å². The van der Waals surface area contributed by atoms with Gasteiger partial charge >= 0.3 is 11.9 Å². The van der Waals surface area contributed by atoms with E-state index < -0.39 is 21.9 Å². The first-order valence-corrected chi connectivity index (χ1v) is 5.52. The molecule has 0 aliphatic carbocycles. The van der Waals surface area contributed by atoms with Crippen molar-refractivity contribution in [3.05, 3.63) is 24.3 Å². The fraction of sp³-hybridized carbons (Fsp3) is 0. The summed E-state index contributed by atoms with van der Waals surface area (Å²) in [7, 11) is -3.79. The lowest BCUT2D eigenvalue weighted by Gasteiger charge is -2.02. The van der Waals surface area contributed by atoms with Crippen molar-refractivity contribution in [2.24, 2.45) is 5.14 Å². The van der Waals surface area contributed by atoms with E-state index >= 15 is 0 Å². The molecule has 0 bridgehead atoms. The van der Waals surface area contributed by atoms with Crippen LogP contribution in [0, 0.1) is 0 Å². The second-order valence-corrected chi connectivity index (χ2v) is 4.39. The lowest BCUT2D eigenvalue weighted by atomic mass is 10.3. The Labute approximate surface area is 90.9 Å². The highest BCUT2D eigenvalue weighted by atomic mass is 32.2. The molecule has 0 spiro atoms. The van der Waals surface area contributed by atoms with Crippen LogP contribution in [0.3, 0.4) is 0 Å². The molecule has 0 heterocycles. The van der Waals surface area contributed by atoms with E-state index in [9.17, 15) is 18.0 Å². The van der Waals surface area contributed by atoms with Gasteiger partial charge < -0.3 is 10.4 Å². The van der Waals surface area contributed by atoms with Crippen molar-refractivity contribution in [1.82, 2.24) is 0 Å². The topological polar surface area (TPSA) is 127 Å². The Kier molecular flexibility index (Phi) is 3.25. The molecule has 1 aromatic carbocycles. The van der Waals surface area contributed by atoms with Gasteiger partial charge in [0.15, 0.2) is 0 Å². The van der Waals surface area contributed by atoms with Crippen LogP contribution >= 0.6 is 0 Å². The first-order valence-electron chi connectivity index (χ1n) is 3.98. The standard InChI is InChI=1S/C8H8N2O5S/c9-16(14,15)6-3-1-5(2-4-6)10-7(11)8(12)13/h1-4H,(H,10,11)(H,12,13)(H2,9,14,15). The van der Waals surface area contributed by atoms with Crippen molar-refractivity contribution in [3.63, 3.8) is 0 Å². The van der Waals surface area contributed by atoms with Gasteiger partial charge in [0.05, 0.1) is 4.90 Å².